The van der Waals surface area contributed by atoms with E-state index >= 15 is 0 Å². The topological polar surface area (TPSA) is 112 Å². The Morgan fingerprint density at radius 1 is 1.23 bits per heavy atom. The molecule has 1 aromatic carbocycles. The second kappa shape index (κ2) is 8.66. The van der Waals surface area contributed by atoms with Crippen LogP contribution in [0.2, 0.25) is 0 Å². The van der Waals surface area contributed by atoms with Gasteiger partial charge < -0.3 is 20.3 Å². The summed E-state index contributed by atoms with van der Waals surface area (Å²) in [5.41, 5.74) is -0.957. The van der Waals surface area contributed by atoms with Gasteiger partial charge >= 0.3 is 0 Å². The number of likely N-dealkylation sites (tertiary alicyclic amines) is 1. The third-order valence-corrected chi connectivity index (χ3v) is 8.04. The summed E-state index contributed by atoms with van der Waals surface area (Å²) in [7, 11) is 0. The van der Waals surface area contributed by atoms with Gasteiger partial charge in [0.1, 0.15) is 23.1 Å². The van der Waals surface area contributed by atoms with E-state index in [1.807, 2.05) is 0 Å². The summed E-state index contributed by atoms with van der Waals surface area (Å²) in [5.74, 6) is 1.04. The number of halogens is 1. The number of hydrogen-bond acceptors (Lipinski definition) is 8. The highest BCUT2D eigenvalue weighted by Gasteiger charge is 2.42. The number of thioether (sulfide) groups is 1. The SMILES string of the molecule is O=C1CSc2cnc(CNC3CCN(C[C@@]4(O)Cn5c(=O)ccc6ccc(F)c4c65)CC3)nc2N1. The van der Waals surface area contributed by atoms with E-state index in [0.717, 1.165) is 36.2 Å². The van der Waals surface area contributed by atoms with Gasteiger partial charge in [-0.25, -0.2) is 14.4 Å². The number of anilines is 1. The lowest BCUT2D eigenvalue weighted by Crippen LogP contribution is -2.48. The first-order valence-electron chi connectivity index (χ1n) is 11.7. The van der Waals surface area contributed by atoms with Crippen LogP contribution in [0.3, 0.4) is 0 Å². The van der Waals surface area contributed by atoms with Gasteiger partial charge in [-0.1, -0.05) is 0 Å². The number of hydrogen-bond donors (Lipinski definition) is 3. The molecular weight excluding hydrogens is 471 g/mol. The van der Waals surface area contributed by atoms with Gasteiger partial charge in [0.2, 0.25) is 5.91 Å². The Bertz CT molecular complexity index is 1390. The summed E-state index contributed by atoms with van der Waals surface area (Å²) >= 11 is 1.43. The zero-order chi connectivity index (χ0) is 24.2. The molecule has 35 heavy (non-hydrogen) atoms. The Labute approximate surface area is 204 Å². The molecule has 0 unspecified atom stereocenters. The summed E-state index contributed by atoms with van der Waals surface area (Å²) in [5, 5.41) is 18.5. The van der Waals surface area contributed by atoms with Crippen LogP contribution in [-0.4, -0.2) is 61.9 Å². The molecule has 9 nitrogen and oxygen atoms in total. The van der Waals surface area contributed by atoms with Crippen LogP contribution in [0, 0.1) is 5.82 Å². The Morgan fingerprint density at radius 3 is 2.86 bits per heavy atom. The molecule has 5 heterocycles. The van der Waals surface area contributed by atoms with Crippen LogP contribution >= 0.6 is 11.8 Å². The fourth-order valence-electron chi connectivity index (χ4n) is 5.34. The number of β-amino-alcohol motifs (C(OH)–C–C–N with tert-alkyl or cyclic N) is 1. The molecule has 11 heteroatoms. The van der Waals surface area contributed by atoms with Crippen molar-refractivity contribution < 1.29 is 14.3 Å². The highest BCUT2D eigenvalue weighted by atomic mass is 32.2. The Hall–Kier alpha value is -2.86. The first kappa shape index (κ1) is 22.6. The fraction of sp³-hybridized carbons (Fsp3) is 0.417. The third-order valence-electron chi connectivity index (χ3n) is 7.03. The number of rotatable bonds is 5. The molecule has 1 fully saturated rings. The maximum atomic E-state index is 14.8. The zero-order valence-corrected chi connectivity index (χ0v) is 19.8. The van der Waals surface area contributed by atoms with Crippen LogP contribution in [-0.2, 0) is 23.5 Å². The standard InChI is InChI=1S/C24H25FN6O3S/c25-16-3-1-14-2-4-20(33)31-13-24(34,21(16)22(14)31)12-30-7-5-15(6-8-30)26-10-18-27-9-17-23(28-18)29-19(32)11-35-17/h1-4,9,15,26,34H,5-8,10-13H2,(H,27,28,29,32)/t24-/m1/s1. The molecule has 1 saturated heterocycles. The molecular formula is C24H25FN6O3S. The molecule has 3 N–H and O–H groups in total. The van der Waals surface area contributed by atoms with E-state index in [0.29, 0.717) is 29.5 Å². The minimum Gasteiger partial charge on any atom is -0.382 e. The van der Waals surface area contributed by atoms with Gasteiger partial charge in [-0.05, 0) is 49.5 Å². The van der Waals surface area contributed by atoms with Crippen molar-refractivity contribution >= 4 is 34.4 Å². The van der Waals surface area contributed by atoms with Crippen molar-refractivity contribution in [2.75, 3.05) is 30.7 Å². The molecule has 2 aromatic heterocycles. The molecule has 3 aromatic rings. The average molecular weight is 497 g/mol. The smallest absolute Gasteiger partial charge is 0.251 e. The second-order valence-electron chi connectivity index (χ2n) is 9.42. The molecule has 182 valence electrons. The first-order valence-corrected chi connectivity index (χ1v) is 12.7. The van der Waals surface area contributed by atoms with E-state index in [4.69, 9.17) is 0 Å². The second-order valence-corrected chi connectivity index (χ2v) is 10.4. The summed E-state index contributed by atoms with van der Waals surface area (Å²) in [6.07, 6.45) is 3.46. The monoisotopic (exact) mass is 496 g/mol. The maximum Gasteiger partial charge on any atom is 0.251 e. The number of carbonyl (C=O) groups is 1. The van der Waals surface area contributed by atoms with Crippen LogP contribution < -0.4 is 16.2 Å². The van der Waals surface area contributed by atoms with Gasteiger partial charge in [0.15, 0.2) is 0 Å². The first-order chi connectivity index (χ1) is 16.9. The quantitative estimate of drug-likeness (QED) is 0.487. The maximum absolute atomic E-state index is 14.8. The minimum absolute atomic E-state index is 0.0551. The number of pyridine rings is 1. The van der Waals surface area contributed by atoms with Crippen molar-refractivity contribution in [1.29, 1.82) is 0 Å². The number of benzene rings is 1. The number of carbonyl (C=O) groups excluding carboxylic acids is 1. The van der Waals surface area contributed by atoms with Crippen molar-refractivity contribution in [3.8, 4) is 0 Å². The molecule has 1 atom stereocenters. The molecule has 1 amide bonds. The molecule has 0 spiro atoms. The van der Waals surface area contributed by atoms with Crippen LogP contribution in [0.5, 0.6) is 0 Å². The van der Waals surface area contributed by atoms with E-state index in [-0.39, 0.29) is 36.2 Å². The van der Waals surface area contributed by atoms with Gasteiger partial charge in [0.05, 0.1) is 29.3 Å². The van der Waals surface area contributed by atoms with Gasteiger partial charge in [-0.3, -0.25) is 14.5 Å². The van der Waals surface area contributed by atoms with E-state index in [2.05, 4.69) is 25.5 Å². The third kappa shape index (κ3) is 4.12. The number of aromatic nitrogens is 3. The Kier molecular flexibility index (Phi) is 5.59. The van der Waals surface area contributed by atoms with Crippen molar-refractivity contribution in [2.45, 2.75) is 42.5 Å². The normalized spacial score (nSPS) is 22.4. The number of nitrogens with one attached hydrogen (secondary N) is 2. The minimum atomic E-state index is -1.45. The Balaban J connectivity index is 1.09. The van der Waals surface area contributed by atoms with E-state index < -0.39 is 11.4 Å². The highest BCUT2D eigenvalue weighted by Crippen LogP contribution is 2.38. The summed E-state index contributed by atoms with van der Waals surface area (Å²) < 4.78 is 16.3. The molecule has 3 aliphatic rings. The van der Waals surface area contributed by atoms with Crippen LogP contribution in [0.25, 0.3) is 10.9 Å². The predicted octanol–water partition coefficient (Wildman–Crippen LogP) is 1.43. The zero-order valence-electron chi connectivity index (χ0n) is 19.0. The number of fused-ring (bicyclic) bond motifs is 1. The molecule has 0 aliphatic carbocycles. The largest absolute Gasteiger partial charge is 0.382 e. The van der Waals surface area contributed by atoms with Crippen LogP contribution in [0.15, 0.2) is 40.2 Å². The van der Waals surface area contributed by atoms with Crippen molar-refractivity contribution in [3.63, 3.8) is 0 Å². The number of amides is 1. The molecule has 0 bridgehead atoms. The fourth-order valence-corrected chi connectivity index (χ4v) is 6.06. The van der Waals surface area contributed by atoms with Gasteiger partial charge in [-0.2, -0.15) is 0 Å². The van der Waals surface area contributed by atoms with Crippen molar-refractivity contribution in [2.24, 2.45) is 0 Å². The highest BCUT2D eigenvalue weighted by molar-refractivity contribution is 8.00. The molecule has 0 radical (unpaired) electrons. The number of nitrogens with zero attached hydrogens (tertiary/aromatic N) is 4. The number of piperidine rings is 1. The van der Waals surface area contributed by atoms with Gasteiger partial charge in [0.25, 0.3) is 5.56 Å². The summed E-state index contributed by atoms with van der Waals surface area (Å²) in [4.78, 5) is 35.9. The molecule has 0 saturated carbocycles. The molecule has 6 rings (SSSR count). The summed E-state index contributed by atoms with van der Waals surface area (Å²) in [6, 6.07) is 6.41. The molecule has 3 aliphatic heterocycles. The van der Waals surface area contributed by atoms with Gasteiger partial charge in [-0.15, -0.1) is 11.8 Å². The van der Waals surface area contributed by atoms with Crippen LogP contribution in [0.4, 0.5) is 10.2 Å². The lowest BCUT2D eigenvalue weighted by atomic mass is 9.92. The van der Waals surface area contributed by atoms with E-state index in [9.17, 15) is 19.1 Å². The lowest BCUT2D eigenvalue weighted by Gasteiger charge is -2.37. The Morgan fingerprint density at radius 2 is 2.03 bits per heavy atom. The van der Waals surface area contributed by atoms with E-state index in [1.165, 1.54) is 28.5 Å². The average Bonchev–Trinajstić information content (AvgIpc) is 3.17. The number of aliphatic hydroxyl groups is 1. The van der Waals surface area contributed by atoms with Crippen molar-refractivity contribution in [3.05, 3.63) is 58.0 Å². The van der Waals surface area contributed by atoms with Crippen molar-refractivity contribution in [1.82, 2.24) is 24.8 Å². The van der Waals surface area contributed by atoms with Crippen LogP contribution in [0.1, 0.15) is 24.2 Å². The van der Waals surface area contributed by atoms with Gasteiger partial charge in [0, 0.05) is 30.4 Å². The predicted molar refractivity (Wildman–Crippen MR) is 130 cm³/mol. The lowest BCUT2D eigenvalue weighted by molar-refractivity contribution is -0.113. The summed E-state index contributed by atoms with van der Waals surface area (Å²) in [6.45, 7) is 2.29. The van der Waals surface area contributed by atoms with E-state index in [1.54, 1.807) is 18.3 Å².